The van der Waals surface area contributed by atoms with E-state index >= 15 is 0 Å². The van der Waals surface area contributed by atoms with Gasteiger partial charge in [-0.25, -0.2) is 0 Å². The fourth-order valence-corrected chi connectivity index (χ4v) is 2.50. The van der Waals surface area contributed by atoms with Crippen LogP contribution in [0.1, 0.15) is 20.7 Å². The Balaban J connectivity index is 1.64. The average molecular weight is 385 g/mol. The number of rotatable bonds is 4. The summed E-state index contributed by atoms with van der Waals surface area (Å²) in [7, 11) is 0. The van der Waals surface area contributed by atoms with Gasteiger partial charge in [0.25, 0.3) is 11.8 Å². The number of halogens is 2. The van der Waals surface area contributed by atoms with E-state index in [9.17, 15) is 9.59 Å². The SMILES string of the molecule is O=C(Nc1ccc(C(=O)Nc2ccc(Cl)cc2)cc1)c1ccc(Cl)cc1. The molecule has 0 spiro atoms. The summed E-state index contributed by atoms with van der Waals surface area (Å²) < 4.78 is 0. The van der Waals surface area contributed by atoms with Gasteiger partial charge in [-0.3, -0.25) is 9.59 Å². The summed E-state index contributed by atoms with van der Waals surface area (Å²) in [5.41, 5.74) is 2.22. The van der Waals surface area contributed by atoms with Crippen molar-refractivity contribution in [3.05, 3.63) is 94.0 Å². The summed E-state index contributed by atoms with van der Waals surface area (Å²) in [6.07, 6.45) is 0. The third-order valence-corrected chi connectivity index (χ3v) is 4.12. The molecule has 6 heteroatoms. The number of amides is 2. The quantitative estimate of drug-likeness (QED) is 0.623. The first-order valence-corrected chi connectivity index (χ1v) is 8.51. The second-order valence-electron chi connectivity index (χ2n) is 5.50. The number of anilines is 2. The first kappa shape index (κ1) is 18.0. The van der Waals surface area contributed by atoms with E-state index in [1.165, 1.54) is 0 Å². The van der Waals surface area contributed by atoms with Crippen molar-refractivity contribution in [3.8, 4) is 0 Å². The molecule has 0 unspecified atom stereocenters. The van der Waals surface area contributed by atoms with Crippen molar-refractivity contribution in [2.45, 2.75) is 0 Å². The van der Waals surface area contributed by atoms with Gasteiger partial charge in [0.1, 0.15) is 0 Å². The molecule has 3 rings (SSSR count). The van der Waals surface area contributed by atoms with Gasteiger partial charge in [-0.2, -0.15) is 0 Å². The van der Waals surface area contributed by atoms with E-state index in [-0.39, 0.29) is 11.8 Å². The Bertz CT molecular complexity index is 922. The van der Waals surface area contributed by atoms with Gasteiger partial charge in [-0.1, -0.05) is 23.2 Å². The molecule has 0 heterocycles. The van der Waals surface area contributed by atoms with E-state index in [1.807, 2.05) is 0 Å². The van der Waals surface area contributed by atoms with Crippen LogP contribution in [0, 0.1) is 0 Å². The van der Waals surface area contributed by atoms with Crippen LogP contribution < -0.4 is 10.6 Å². The van der Waals surface area contributed by atoms with Crippen molar-refractivity contribution in [2.24, 2.45) is 0 Å². The zero-order valence-corrected chi connectivity index (χ0v) is 15.0. The molecule has 0 aliphatic rings. The highest BCUT2D eigenvalue weighted by Crippen LogP contribution is 2.16. The van der Waals surface area contributed by atoms with Crippen LogP contribution in [0.2, 0.25) is 10.0 Å². The van der Waals surface area contributed by atoms with Gasteiger partial charge in [0.2, 0.25) is 0 Å². The minimum atomic E-state index is -0.250. The molecule has 0 fully saturated rings. The van der Waals surface area contributed by atoms with Crippen LogP contribution in [-0.4, -0.2) is 11.8 Å². The predicted octanol–water partition coefficient (Wildman–Crippen LogP) is 5.50. The molecular formula is C20H14Cl2N2O2. The van der Waals surface area contributed by atoms with Crippen molar-refractivity contribution in [3.63, 3.8) is 0 Å². The Labute approximate surface area is 160 Å². The van der Waals surface area contributed by atoms with Crippen molar-refractivity contribution in [2.75, 3.05) is 10.6 Å². The van der Waals surface area contributed by atoms with Crippen LogP contribution in [0.5, 0.6) is 0 Å². The first-order valence-electron chi connectivity index (χ1n) is 7.75. The van der Waals surface area contributed by atoms with Gasteiger partial charge in [0.15, 0.2) is 0 Å². The second-order valence-corrected chi connectivity index (χ2v) is 6.37. The number of hydrogen-bond donors (Lipinski definition) is 2. The molecular weight excluding hydrogens is 371 g/mol. The summed E-state index contributed by atoms with van der Waals surface area (Å²) in [5.74, 6) is -0.497. The standard InChI is InChI=1S/C20H14Cl2N2O2/c21-15-5-1-13(2-6-15)19(25)23-17-9-3-14(4-10-17)20(26)24-18-11-7-16(22)8-12-18/h1-12H,(H,23,25)(H,24,26). The fraction of sp³-hybridized carbons (Fsp3) is 0. The zero-order chi connectivity index (χ0) is 18.5. The minimum absolute atomic E-state index is 0.247. The molecule has 0 aromatic heterocycles. The number of carbonyl (C=O) groups excluding carboxylic acids is 2. The Kier molecular flexibility index (Phi) is 5.56. The lowest BCUT2D eigenvalue weighted by molar-refractivity contribution is 0.102. The fourth-order valence-electron chi connectivity index (χ4n) is 2.25. The van der Waals surface area contributed by atoms with E-state index in [4.69, 9.17) is 23.2 Å². The molecule has 0 radical (unpaired) electrons. The Morgan fingerprint density at radius 1 is 0.538 bits per heavy atom. The molecule has 0 saturated carbocycles. The van der Waals surface area contributed by atoms with E-state index in [2.05, 4.69) is 10.6 Å². The summed E-state index contributed by atoms with van der Waals surface area (Å²) in [6, 6.07) is 20.1. The third-order valence-electron chi connectivity index (χ3n) is 3.61. The monoisotopic (exact) mass is 384 g/mol. The lowest BCUT2D eigenvalue weighted by atomic mass is 10.1. The van der Waals surface area contributed by atoms with Crippen LogP contribution >= 0.6 is 23.2 Å². The summed E-state index contributed by atoms with van der Waals surface area (Å²) in [4.78, 5) is 24.4. The van der Waals surface area contributed by atoms with Crippen LogP contribution in [0.15, 0.2) is 72.8 Å². The summed E-state index contributed by atoms with van der Waals surface area (Å²) >= 11 is 11.6. The lowest BCUT2D eigenvalue weighted by Gasteiger charge is -2.08. The lowest BCUT2D eigenvalue weighted by Crippen LogP contribution is -2.13. The van der Waals surface area contributed by atoms with Crippen molar-refractivity contribution in [1.29, 1.82) is 0 Å². The third kappa shape index (κ3) is 4.63. The predicted molar refractivity (Wildman–Crippen MR) is 105 cm³/mol. The van der Waals surface area contributed by atoms with E-state index < -0.39 is 0 Å². The molecule has 0 bridgehead atoms. The Morgan fingerprint density at radius 3 is 1.27 bits per heavy atom. The summed E-state index contributed by atoms with van der Waals surface area (Å²) in [5, 5.41) is 6.72. The van der Waals surface area contributed by atoms with E-state index in [1.54, 1.807) is 72.8 Å². The topological polar surface area (TPSA) is 58.2 Å². The number of carbonyl (C=O) groups is 2. The van der Waals surface area contributed by atoms with Crippen molar-refractivity contribution < 1.29 is 9.59 Å². The van der Waals surface area contributed by atoms with Gasteiger partial charge < -0.3 is 10.6 Å². The highest BCUT2D eigenvalue weighted by molar-refractivity contribution is 6.31. The molecule has 0 saturated heterocycles. The molecule has 26 heavy (non-hydrogen) atoms. The molecule has 3 aromatic carbocycles. The molecule has 0 aliphatic heterocycles. The van der Waals surface area contributed by atoms with Crippen LogP contribution in [0.25, 0.3) is 0 Å². The second kappa shape index (κ2) is 8.04. The molecule has 0 aliphatic carbocycles. The Morgan fingerprint density at radius 2 is 0.846 bits per heavy atom. The normalized spacial score (nSPS) is 10.2. The highest BCUT2D eigenvalue weighted by Gasteiger charge is 2.09. The maximum Gasteiger partial charge on any atom is 0.255 e. The van der Waals surface area contributed by atoms with Gasteiger partial charge in [0, 0.05) is 32.5 Å². The smallest absolute Gasteiger partial charge is 0.255 e. The maximum absolute atomic E-state index is 12.2. The van der Waals surface area contributed by atoms with Crippen molar-refractivity contribution in [1.82, 2.24) is 0 Å². The molecule has 2 N–H and O–H groups in total. The van der Waals surface area contributed by atoms with Gasteiger partial charge in [-0.15, -0.1) is 0 Å². The number of benzene rings is 3. The van der Waals surface area contributed by atoms with Crippen molar-refractivity contribution >= 4 is 46.4 Å². The van der Waals surface area contributed by atoms with Crippen LogP contribution in [-0.2, 0) is 0 Å². The van der Waals surface area contributed by atoms with Gasteiger partial charge in [0.05, 0.1) is 0 Å². The number of hydrogen-bond acceptors (Lipinski definition) is 2. The maximum atomic E-state index is 12.2. The van der Waals surface area contributed by atoms with Gasteiger partial charge >= 0.3 is 0 Å². The average Bonchev–Trinajstić information content (AvgIpc) is 2.64. The largest absolute Gasteiger partial charge is 0.322 e. The minimum Gasteiger partial charge on any atom is -0.322 e. The van der Waals surface area contributed by atoms with E-state index in [0.717, 1.165) is 0 Å². The molecule has 4 nitrogen and oxygen atoms in total. The zero-order valence-electron chi connectivity index (χ0n) is 13.5. The van der Waals surface area contributed by atoms with E-state index in [0.29, 0.717) is 32.5 Å². The van der Waals surface area contributed by atoms with Crippen LogP contribution in [0.3, 0.4) is 0 Å². The van der Waals surface area contributed by atoms with Gasteiger partial charge in [-0.05, 0) is 72.8 Å². The number of nitrogens with one attached hydrogen (secondary N) is 2. The molecule has 2 amide bonds. The summed E-state index contributed by atoms with van der Waals surface area (Å²) in [6.45, 7) is 0. The molecule has 130 valence electrons. The highest BCUT2D eigenvalue weighted by atomic mass is 35.5. The molecule has 0 atom stereocenters. The molecule has 3 aromatic rings. The first-order chi connectivity index (χ1) is 12.5. The van der Waals surface area contributed by atoms with Crippen LogP contribution in [0.4, 0.5) is 11.4 Å². The Hall–Kier alpha value is -2.82.